The second-order valence-corrected chi connectivity index (χ2v) is 9.43. The Morgan fingerprint density at radius 2 is 1.82 bits per heavy atom. The first-order valence-electron chi connectivity index (χ1n) is 8.94. The standard InChI is InChI=1S/C20H17N3O3S2/c24-28(25,23-7-9-26-10-8-23)16-3-5-18-14(11-16)1-4-17(22-18)15-2-6-20-19(12-15)21-13-27-20/h1-6,11-13H,7-10H2. The van der Waals surface area contributed by atoms with E-state index in [1.54, 1.807) is 29.5 Å². The maximum Gasteiger partial charge on any atom is 0.243 e. The topological polar surface area (TPSA) is 72.4 Å². The highest BCUT2D eigenvalue weighted by Crippen LogP contribution is 2.27. The van der Waals surface area contributed by atoms with Crippen molar-refractivity contribution >= 4 is 42.5 Å². The Bertz CT molecular complexity index is 1280. The van der Waals surface area contributed by atoms with E-state index in [9.17, 15) is 8.42 Å². The Kier molecular flexibility index (Phi) is 4.36. The molecule has 2 aromatic heterocycles. The van der Waals surface area contributed by atoms with Gasteiger partial charge < -0.3 is 4.74 Å². The largest absolute Gasteiger partial charge is 0.379 e. The maximum atomic E-state index is 12.9. The van der Waals surface area contributed by atoms with Crippen LogP contribution >= 0.6 is 11.3 Å². The molecule has 1 saturated heterocycles. The second kappa shape index (κ2) is 6.89. The van der Waals surface area contributed by atoms with Crippen molar-refractivity contribution in [1.29, 1.82) is 0 Å². The van der Waals surface area contributed by atoms with E-state index < -0.39 is 10.0 Å². The molecule has 8 heteroatoms. The van der Waals surface area contributed by atoms with E-state index in [0.717, 1.165) is 32.4 Å². The lowest BCUT2D eigenvalue weighted by molar-refractivity contribution is 0.0730. The van der Waals surface area contributed by atoms with E-state index in [1.807, 2.05) is 35.8 Å². The van der Waals surface area contributed by atoms with Crippen LogP contribution in [0.3, 0.4) is 0 Å². The van der Waals surface area contributed by atoms with Crippen molar-refractivity contribution in [2.24, 2.45) is 0 Å². The number of thiazole rings is 1. The fraction of sp³-hybridized carbons (Fsp3) is 0.200. The van der Waals surface area contributed by atoms with Crippen molar-refractivity contribution in [2.45, 2.75) is 4.90 Å². The Balaban J connectivity index is 1.52. The van der Waals surface area contributed by atoms with Gasteiger partial charge in [0.05, 0.1) is 45.0 Å². The molecule has 0 bridgehead atoms. The Labute approximate surface area is 166 Å². The first-order chi connectivity index (χ1) is 13.6. The van der Waals surface area contributed by atoms with Crippen molar-refractivity contribution in [1.82, 2.24) is 14.3 Å². The van der Waals surface area contributed by atoms with Gasteiger partial charge in [-0.15, -0.1) is 11.3 Å². The number of nitrogens with zero attached hydrogens (tertiary/aromatic N) is 3. The highest BCUT2D eigenvalue weighted by Gasteiger charge is 2.26. The first-order valence-corrected chi connectivity index (χ1v) is 11.3. The van der Waals surface area contributed by atoms with E-state index >= 15 is 0 Å². The molecule has 0 amide bonds. The van der Waals surface area contributed by atoms with Crippen LogP contribution < -0.4 is 0 Å². The van der Waals surface area contributed by atoms with E-state index in [4.69, 9.17) is 9.72 Å². The molecule has 4 aromatic rings. The maximum absolute atomic E-state index is 12.9. The third-order valence-electron chi connectivity index (χ3n) is 4.89. The van der Waals surface area contributed by atoms with Crippen molar-refractivity contribution in [3.8, 4) is 11.3 Å². The molecule has 0 atom stereocenters. The van der Waals surface area contributed by atoms with Crippen molar-refractivity contribution in [3.05, 3.63) is 54.0 Å². The number of sulfonamides is 1. The minimum Gasteiger partial charge on any atom is -0.379 e. The minimum absolute atomic E-state index is 0.292. The van der Waals surface area contributed by atoms with Gasteiger partial charge in [-0.05, 0) is 36.4 Å². The highest BCUT2D eigenvalue weighted by molar-refractivity contribution is 7.89. The van der Waals surface area contributed by atoms with E-state index in [1.165, 1.54) is 4.31 Å². The summed E-state index contributed by atoms with van der Waals surface area (Å²) in [4.78, 5) is 9.37. The van der Waals surface area contributed by atoms with Gasteiger partial charge in [-0.2, -0.15) is 4.31 Å². The molecule has 3 heterocycles. The Morgan fingerprint density at radius 3 is 2.68 bits per heavy atom. The summed E-state index contributed by atoms with van der Waals surface area (Å²) in [6.45, 7) is 1.63. The van der Waals surface area contributed by atoms with Crippen LogP contribution in [-0.2, 0) is 14.8 Å². The van der Waals surface area contributed by atoms with Gasteiger partial charge in [0.15, 0.2) is 0 Å². The van der Waals surface area contributed by atoms with Crippen molar-refractivity contribution in [3.63, 3.8) is 0 Å². The molecule has 0 unspecified atom stereocenters. The molecule has 0 radical (unpaired) electrons. The van der Waals surface area contributed by atoms with Crippen LogP contribution in [0, 0.1) is 0 Å². The number of hydrogen-bond acceptors (Lipinski definition) is 6. The summed E-state index contributed by atoms with van der Waals surface area (Å²) in [5.74, 6) is 0. The SMILES string of the molecule is O=S(=O)(c1ccc2nc(-c3ccc4scnc4c3)ccc2c1)N1CCOCC1. The van der Waals surface area contributed by atoms with Crippen molar-refractivity contribution < 1.29 is 13.2 Å². The van der Waals surface area contributed by atoms with Crippen LogP contribution in [0.2, 0.25) is 0 Å². The summed E-state index contributed by atoms with van der Waals surface area (Å²) in [5, 5.41) is 0.799. The minimum atomic E-state index is -3.52. The number of ether oxygens (including phenoxy) is 1. The summed E-state index contributed by atoms with van der Waals surface area (Å²) >= 11 is 1.61. The molecule has 0 saturated carbocycles. The van der Waals surface area contributed by atoms with Gasteiger partial charge >= 0.3 is 0 Å². The average Bonchev–Trinajstić information content (AvgIpc) is 3.21. The van der Waals surface area contributed by atoms with Gasteiger partial charge in [-0.25, -0.2) is 18.4 Å². The summed E-state index contributed by atoms with van der Waals surface area (Å²) in [7, 11) is -3.52. The number of morpholine rings is 1. The van der Waals surface area contributed by atoms with Crippen LogP contribution in [0.1, 0.15) is 0 Å². The summed E-state index contributed by atoms with van der Waals surface area (Å²) < 4.78 is 33.6. The van der Waals surface area contributed by atoms with Crippen LogP contribution in [-0.4, -0.2) is 49.0 Å². The lowest BCUT2D eigenvalue weighted by atomic mass is 10.1. The molecule has 0 N–H and O–H groups in total. The number of rotatable bonds is 3. The highest BCUT2D eigenvalue weighted by atomic mass is 32.2. The molecule has 1 aliphatic rings. The van der Waals surface area contributed by atoms with E-state index in [-0.39, 0.29) is 0 Å². The smallest absolute Gasteiger partial charge is 0.243 e. The number of aromatic nitrogens is 2. The molecule has 142 valence electrons. The lowest BCUT2D eigenvalue weighted by Crippen LogP contribution is -2.40. The van der Waals surface area contributed by atoms with E-state index in [0.29, 0.717) is 31.2 Å². The number of benzene rings is 2. The molecule has 1 fully saturated rings. The molecule has 6 nitrogen and oxygen atoms in total. The molecular weight excluding hydrogens is 394 g/mol. The first kappa shape index (κ1) is 17.7. The van der Waals surface area contributed by atoms with Crippen LogP contribution in [0.4, 0.5) is 0 Å². The zero-order valence-electron chi connectivity index (χ0n) is 14.9. The average molecular weight is 412 g/mol. The quantitative estimate of drug-likeness (QED) is 0.516. The summed E-state index contributed by atoms with van der Waals surface area (Å²) in [5.41, 5.74) is 5.38. The predicted octanol–water partition coefficient (Wildman–Crippen LogP) is 3.53. The van der Waals surface area contributed by atoms with E-state index in [2.05, 4.69) is 4.98 Å². The van der Waals surface area contributed by atoms with Crippen LogP contribution in [0.25, 0.3) is 32.4 Å². The van der Waals surface area contributed by atoms with Gasteiger partial charge in [0.2, 0.25) is 10.0 Å². The second-order valence-electron chi connectivity index (χ2n) is 6.60. The number of fused-ring (bicyclic) bond motifs is 2. The van der Waals surface area contributed by atoms with Gasteiger partial charge in [0, 0.05) is 24.0 Å². The molecule has 5 rings (SSSR count). The number of hydrogen-bond donors (Lipinski definition) is 0. The molecule has 0 aliphatic carbocycles. The molecule has 2 aromatic carbocycles. The molecule has 28 heavy (non-hydrogen) atoms. The number of pyridine rings is 1. The van der Waals surface area contributed by atoms with Crippen LogP contribution in [0.5, 0.6) is 0 Å². The fourth-order valence-electron chi connectivity index (χ4n) is 3.38. The normalized spacial score (nSPS) is 16.0. The van der Waals surface area contributed by atoms with Crippen molar-refractivity contribution in [2.75, 3.05) is 26.3 Å². The summed E-state index contributed by atoms with van der Waals surface area (Å²) in [6, 6.07) is 15.0. The molecule has 0 spiro atoms. The third kappa shape index (κ3) is 3.08. The van der Waals surface area contributed by atoms with Gasteiger partial charge in [-0.3, -0.25) is 0 Å². The van der Waals surface area contributed by atoms with Crippen LogP contribution in [0.15, 0.2) is 58.9 Å². The fourth-order valence-corrected chi connectivity index (χ4v) is 5.48. The monoisotopic (exact) mass is 411 g/mol. The van der Waals surface area contributed by atoms with Gasteiger partial charge in [0.1, 0.15) is 0 Å². The van der Waals surface area contributed by atoms with Gasteiger partial charge in [0.25, 0.3) is 0 Å². The predicted molar refractivity (Wildman–Crippen MR) is 110 cm³/mol. The molecular formula is C20H17N3O3S2. The zero-order chi connectivity index (χ0) is 19.1. The summed E-state index contributed by atoms with van der Waals surface area (Å²) in [6.07, 6.45) is 0. The zero-order valence-corrected chi connectivity index (χ0v) is 16.5. The molecule has 1 aliphatic heterocycles. The van der Waals surface area contributed by atoms with Gasteiger partial charge in [-0.1, -0.05) is 12.1 Å². The Morgan fingerprint density at radius 1 is 0.964 bits per heavy atom. The third-order valence-corrected chi connectivity index (χ3v) is 7.60. The Hall–Kier alpha value is -2.39. The lowest BCUT2D eigenvalue weighted by Gasteiger charge is -2.26.